The van der Waals surface area contributed by atoms with Crippen LogP contribution in [0.1, 0.15) is 11.6 Å². The minimum Gasteiger partial charge on any atom is -0.495 e. The molecule has 0 aliphatic carbocycles. The normalized spacial score (nSPS) is 13.4. The average Bonchev–Trinajstić information content (AvgIpc) is 2.34. The van der Waals surface area contributed by atoms with Crippen molar-refractivity contribution in [3.05, 3.63) is 28.8 Å². The summed E-state index contributed by atoms with van der Waals surface area (Å²) in [7, 11) is 3.11. The van der Waals surface area contributed by atoms with Crippen LogP contribution in [0, 0.1) is 0 Å². The molecule has 0 spiro atoms. The van der Waals surface area contributed by atoms with Gasteiger partial charge in [0.05, 0.1) is 24.8 Å². The van der Waals surface area contributed by atoms with Gasteiger partial charge in [-0.3, -0.25) is 0 Å². The molecular formula is C12H15ClF3NO2. The number of ether oxygens (including phenoxy) is 2. The van der Waals surface area contributed by atoms with Crippen molar-refractivity contribution in [3.63, 3.8) is 0 Å². The monoisotopic (exact) mass is 297 g/mol. The molecule has 7 heteroatoms. The van der Waals surface area contributed by atoms with E-state index in [9.17, 15) is 13.2 Å². The molecule has 1 aromatic rings. The summed E-state index contributed by atoms with van der Waals surface area (Å²) < 4.78 is 45.7. The molecule has 0 amide bonds. The maximum Gasteiger partial charge on any atom is 0.411 e. The Kier molecular flexibility index (Phi) is 5.90. The van der Waals surface area contributed by atoms with Crippen LogP contribution in [0.4, 0.5) is 13.2 Å². The van der Waals surface area contributed by atoms with Crippen LogP contribution in [0.3, 0.4) is 0 Å². The van der Waals surface area contributed by atoms with Gasteiger partial charge in [-0.1, -0.05) is 17.7 Å². The number of likely N-dealkylation sites (N-methyl/N-ethyl adjacent to an activating group) is 1. The lowest BCUT2D eigenvalue weighted by molar-refractivity contribution is -0.175. The Balaban J connectivity index is 2.69. The molecule has 0 aromatic heterocycles. The summed E-state index contributed by atoms with van der Waals surface area (Å²) >= 11 is 5.88. The Morgan fingerprint density at radius 2 is 2.05 bits per heavy atom. The van der Waals surface area contributed by atoms with Crippen LogP contribution in [0.25, 0.3) is 0 Å². The van der Waals surface area contributed by atoms with Crippen molar-refractivity contribution >= 4 is 11.6 Å². The van der Waals surface area contributed by atoms with Crippen molar-refractivity contribution in [2.75, 3.05) is 27.4 Å². The number of hydrogen-bond donors (Lipinski definition) is 1. The van der Waals surface area contributed by atoms with Gasteiger partial charge in [-0.15, -0.1) is 0 Å². The van der Waals surface area contributed by atoms with Gasteiger partial charge in [-0.05, 0) is 24.7 Å². The van der Waals surface area contributed by atoms with E-state index >= 15 is 0 Å². The van der Waals surface area contributed by atoms with E-state index in [0.717, 1.165) is 5.56 Å². The maximum absolute atomic E-state index is 12.0. The molecule has 0 saturated heterocycles. The third kappa shape index (κ3) is 5.26. The fourth-order valence-electron chi connectivity index (χ4n) is 1.53. The lowest BCUT2D eigenvalue weighted by Crippen LogP contribution is -2.25. The Bertz CT molecular complexity index is 412. The van der Waals surface area contributed by atoms with E-state index in [1.54, 1.807) is 25.2 Å². The molecule has 19 heavy (non-hydrogen) atoms. The predicted molar refractivity (Wildman–Crippen MR) is 66.7 cm³/mol. The number of halogens is 4. The second-order valence-electron chi connectivity index (χ2n) is 3.87. The Morgan fingerprint density at radius 1 is 1.37 bits per heavy atom. The van der Waals surface area contributed by atoms with Crippen molar-refractivity contribution in [1.29, 1.82) is 0 Å². The average molecular weight is 298 g/mol. The highest BCUT2D eigenvalue weighted by Crippen LogP contribution is 2.28. The number of hydrogen-bond acceptors (Lipinski definition) is 3. The lowest BCUT2D eigenvalue weighted by atomic mass is 10.1. The van der Waals surface area contributed by atoms with Gasteiger partial charge in [0.15, 0.2) is 0 Å². The first kappa shape index (κ1) is 16.1. The highest BCUT2D eigenvalue weighted by atomic mass is 35.5. The third-order valence-corrected chi connectivity index (χ3v) is 2.79. The smallest absolute Gasteiger partial charge is 0.411 e. The SMILES string of the molecule is CNC(COCC(F)(F)F)c1ccc(Cl)c(OC)c1. The lowest BCUT2D eigenvalue weighted by Gasteiger charge is -2.18. The number of rotatable bonds is 6. The van der Waals surface area contributed by atoms with Crippen LogP contribution >= 0.6 is 11.6 Å². The highest BCUT2D eigenvalue weighted by Gasteiger charge is 2.28. The summed E-state index contributed by atoms with van der Waals surface area (Å²) in [5.41, 5.74) is 0.742. The van der Waals surface area contributed by atoms with E-state index in [-0.39, 0.29) is 12.6 Å². The van der Waals surface area contributed by atoms with E-state index in [4.69, 9.17) is 16.3 Å². The Hall–Kier alpha value is -0.980. The molecule has 1 unspecified atom stereocenters. The van der Waals surface area contributed by atoms with Crippen LogP contribution in [0.15, 0.2) is 18.2 Å². The number of nitrogens with one attached hydrogen (secondary N) is 1. The van der Waals surface area contributed by atoms with Crippen molar-refractivity contribution in [2.45, 2.75) is 12.2 Å². The fraction of sp³-hybridized carbons (Fsp3) is 0.500. The Labute approximate surface area is 114 Å². The number of benzene rings is 1. The van der Waals surface area contributed by atoms with Gasteiger partial charge in [-0.25, -0.2) is 0 Å². The molecule has 0 fully saturated rings. The van der Waals surface area contributed by atoms with Gasteiger partial charge < -0.3 is 14.8 Å². The van der Waals surface area contributed by atoms with Crippen LogP contribution in [-0.2, 0) is 4.74 Å². The zero-order chi connectivity index (χ0) is 14.5. The van der Waals surface area contributed by atoms with Crippen molar-refractivity contribution in [1.82, 2.24) is 5.32 Å². The molecule has 108 valence electrons. The van der Waals surface area contributed by atoms with E-state index < -0.39 is 12.8 Å². The third-order valence-electron chi connectivity index (χ3n) is 2.48. The predicted octanol–water partition coefficient (Wildman–Crippen LogP) is 3.19. The molecule has 1 N–H and O–H groups in total. The van der Waals surface area contributed by atoms with Crippen LogP contribution < -0.4 is 10.1 Å². The molecule has 0 radical (unpaired) electrons. The first-order chi connectivity index (χ1) is 8.87. The summed E-state index contributed by atoms with van der Waals surface area (Å²) in [6.07, 6.45) is -4.32. The standard InChI is InChI=1S/C12H15ClF3NO2/c1-17-10(6-19-7-12(14,15)16)8-3-4-9(13)11(5-8)18-2/h3-5,10,17H,6-7H2,1-2H3. The van der Waals surface area contributed by atoms with Crippen LogP contribution in [0.5, 0.6) is 5.75 Å². The highest BCUT2D eigenvalue weighted by molar-refractivity contribution is 6.32. The maximum atomic E-state index is 12.0. The van der Waals surface area contributed by atoms with Gasteiger partial charge in [-0.2, -0.15) is 13.2 Å². The minimum absolute atomic E-state index is 0.0964. The molecule has 0 aliphatic heterocycles. The molecule has 1 rings (SSSR count). The first-order valence-corrected chi connectivity index (χ1v) is 5.90. The molecule has 0 saturated carbocycles. The molecule has 0 aliphatic rings. The quantitative estimate of drug-likeness (QED) is 0.875. The van der Waals surface area contributed by atoms with Crippen LogP contribution in [-0.4, -0.2) is 33.5 Å². The van der Waals surface area contributed by atoms with E-state index in [2.05, 4.69) is 10.1 Å². The van der Waals surface area contributed by atoms with Crippen molar-refractivity contribution < 1.29 is 22.6 Å². The topological polar surface area (TPSA) is 30.5 Å². The second-order valence-corrected chi connectivity index (χ2v) is 4.27. The molecule has 0 heterocycles. The summed E-state index contributed by atoms with van der Waals surface area (Å²) in [6.45, 7) is -1.36. The van der Waals surface area contributed by atoms with Gasteiger partial charge in [0, 0.05) is 0 Å². The zero-order valence-corrected chi connectivity index (χ0v) is 11.3. The molecular weight excluding hydrogens is 283 g/mol. The molecule has 1 aromatic carbocycles. The van der Waals surface area contributed by atoms with Gasteiger partial charge in [0.2, 0.25) is 0 Å². The number of alkyl halides is 3. The van der Waals surface area contributed by atoms with E-state index in [1.165, 1.54) is 7.11 Å². The molecule has 1 atom stereocenters. The summed E-state index contributed by atoms with van der Waals surface area (Å²) in [6, 6.07) is 4.64. The minimum atomic E-state index is -4.32. The fourth-order valence-corrected chi connectivity index (χ4v) is 1.73. The van der Waals surface area contributed by atoms with Gasteiger partial charge in [0.25, 0.3) is 0 Å². The van der Waals surface area contributed by atoms with Crippen LogP contribution in [0.2, 0.25) is 5.02 Å². The summed E-state index contributed by atoms with van der Waals surface area (Å²) in [4.78, 5) is 0. The summed E-state index contributed by atoms with van der Waals surface area (Å²) in [5, 5.41) is 3.33. The number of methoxy groups -OCH3 is 1. The first-order valence-electron chi connectivity index (χ1n) is 5.52. The van der Waals surface area contributed by atoms with Crippen molar-refractivity contribution in [3.8, 4) is 5.75 Å². The molecule has 3 nitrogen and oxygen atoms in total. The van der Waals surface area contributed by atoms with Gasteiger partial charge >= 0.3 is 6.18 Å². The molecule has 0 bridgehead atoms. The zero-order valence-electron chi connectivity index (χ0n) is 10.6. The van der Waals surface area contributed by atoms with Crippen molar-refractivity contribution in [2.24, 2.45) is 0 Å². The Morgan fingerprint density at radius 3 is 2.58 bits per heavy atom. The van der Waals surface area contributed by atoms with E-state index in [1.807, 2.05) is 0 Å². The largest absolute Gasteiger partial charge is 0.495 e. The second kappa shape index (κ2) is 6.98. The summed E-state index contributed by atoms with van der Waals surface area (Å²) in [5.74, 6) is 0.468. The van der Waals surface area contributed by atoms with E-state index in [0.29, 0.717) is 10.8 Å². The van der Waals surface area contributed by atoms with Gasteiger partial charge in [0.1, 0.15) is 12.4 Å².